The Hall–Kier alpha value is -0.170. The summed E-state index contributed by atoms with van der Waals surface area (Å²) in [6, 6.07) is 0.0421. The van der Waals surface area contributed by atoms with Gasteiger partial charge in [-0.05, 0) is 56.0 Å². The van der Waals surface area contributed by atoms with Gasteiger partial charge >= 0.3 is 0 Å². The lowest BCUT2D eigenvalue weighted by molar-refractivity contribution is 0.126. The maximum Gasteiger partial charge on any atom is 0.279 e. The highest BCUT2D eigenvalue weighted by molar-refractivity contribution is 7.87. The third-order valence-corrected chi connectivity index (χ3v) is 7.38. The van der Waals surface area contributed by atoms with Crippen molar-refractivity contribution in [3.63, 3.8) is 0 Å². The molecule has 2 bridgehead atoms. The monoisotopic (exact) mass is 317 g/mol. The fourth-order valence-corrected chi connectivity index (χ4v) is 5.87. The molecule has 3 atom stereocenters. The number of hydrogen-bond donors (Lipinski definition) is 2. The van der Waals surface area contributed by atoms with Gasteiger partial charge in [0.2, 0.25) is 0 Å². The maximum absolute atomic E-state index is 12.6. The van der Waals surface area contributed by atoms with Crippen LogP contribution in [0.5, 0.6) is 0 Å². The standard InChI is InChI=1S/C15H31N3O2S/c1-14(2)12-7-8-15(3,11-12)13(14)17-21(19,20)18(5)10-6-9-16-4/h12-13,16-17H,6-11H2,1-5H3. The summed E-state index contributed by atoms with van der Waals surface area (Å²) >= 11 is 0. The fraction of sp³-hybridized carbons (Fsp3) is 1.00. The maximum atomic E-state index is 12.6. The van der Waals surface area contributed by atoms with E-state index in [1.165, 1.54) is 10.7 Å². The van der Waals surface area contributed by atoms with Gasteiger partial charge in [-0.2, -0.15) is 17.4 Å². The topological polar surface area (TPSA) is 61.4 Å². The van der Waals surface area contributed by atoms with Crippen molar-refractivity contribution < 1.29 is 8.42 Å². The van der Waals surface area contributed by atoms with Crippen molar-refractivity contribution in [3.8, 4) is 0 Å². The first-order valence-electron chi connectivity index (χ1n) is 8.02. The summed E-state index contributed by atoms with van der Waals surface area (Å²) in [5.41, 5.74) is 0.166. The van der Waals surface area contributed by atoms with E-state index in [0.717, 1.165) is 25.8 Å². The molecule has 5 nitrogen and oxygen atoms in total. The minimum absolute atomic E-state index is 0.0421. The second-order valence-corrected chi connectivity index (χ2v) is 9.56. The van der Waals surface area contributed by atoms with E-state index in [1.807, 2.05) is 7.05 Å². The number of hydrogen-bond acceptors (Lipinski definition) is 3. The minimum atomic E-state index is -3.40. The SMILES string of the molecule is CNCCCN(C)S(=O)(=O)NC1C2(C)CCC(C2)C1(C)C. The van der Waals surface area contributed by atoms with Gasteiger partial charge in [0.1, 0.15) is 0 Å². The molecule has 2 aliphatic carbocycles. The van der Waals surface area contributed by atoms with Crippen LogP contribution < -0.4 is 10.0 Å². The van der Waals surface area contributed by atoms with Gasteiger partial charge < -0.3 is 5.32 Å². The third kappa shape index (κ3) is 3.14. The van der Waals surface area contributed by atoms with E-state index in [0.29, 0.717) is 12.5 Å². The Balaban J connectivity index is 2.06. The normalized spacial score (nSPS) is 34.8. The Morgan fingerprint density at radius 1 is 1.29 bits per heavy atom. The van der Waals surface area contributed by atoms with Crippen LogP contribution in [-0.4, -0.2) is 45.9 Å². The van der Waals surface area contributed by atoms with Gasteiger partial charge in [-0.1, -0.05) is 20.8 Å². The number of nitrogens with zero attached hydrogens (tertiary/aromatic N) is 1. The first-order chi connectivity index (χ1) is 9.63. The summed E-state index contributed by atoms with van der Waals surface area (Å²) in [5, 5.41) is 3.05. The van der Waals surface area contributed by atoms with Crippen LogP contribution in [0, 0.1) is 16.7 Å². The Morgan fingerprint density at radius 3 is 2.48 bits per heavy atom. The minimum Gasteiger partial charge on any atom is -0.320 e. The van der Waals surface area contributed by atoms with Crippen LogP contribution >= 0.6 is 0 Å². The molecule has 0 radical (unpaired) electrons. The second-order valence-electron chi connectivity index (χ2n) is 7.75. The van der Waals surface area contributed by atoms with Crippen LogP contribution in [-0.2, 0) is 10.2 Å². The van der Waals surface area contributed by atoms with Gasteiger partial charge in [0.15, 0.2) is 0 Å². The molecular formula is C15H31N3O2S. The molecule has 3 unspecified atom stereocenters. The van der Waals surface area contributed by atoms with Crippen molar-refractivity contribution in [1.82, 2.24) is 14.3 Å². The van der Waals surface area contributed by atoms with Crippen LogP contribution in [0.25, 0.3) is 0 Å². The summed E-state index contributed by atoms with van der Waals surface area (Å²) in [6.07, 6.45) is 4.34. The summed E-state index contributed by atoms with van der Waals surface area (Å²) in [4.78, 5) is 0. The summed E-state index contributed by atoms with van der Waals surface area (Å²) in [5.74, 6) is 0.643. The van der Waals surface area contributed by atoms with Crippen LogP contribution in [0.1, 0.15) is 46.5 Å². The molecule has 2 rings (SSSR count). The lowest BCUT2D eigenvalue weighted by Crippen LogP contribution is -2.55. The van der Waals surface area contributed by atoms with Gasteiger partial charge in [0.25, 0.3) is 10.2 Å². The molecule has 6 heteroatoms. The molecule has 0 aromatic heterocycles. The first-order valence-corrected chi connectivity index (χ1v) is 9.46. The van der Waals surface area contributed by atoms with Crippen LogP contribution in [0.4, 0.5) is 0 Å². The van der Waals surface area contributed by atoms with Crippen molar-refractivity contribution in [1.29, 1.82) is 0 Å². The zero-order chi connectivity index (χ0) is 15.9. The quantitative estimate of drug-likeness (QED) is 0.701. The highest BCUT2D eigenvalue weighted by Gasteiger charge is 2.60. The average molecular weight is 317 g/mol. The molecule has 2 N–H and O–H groups in total. The lowest BCUT2D eigenvalue weighted by Gasteiger charge is -2.43. The number of rotatable bonds is 7. The van der Waals surface area contributed by atoms with E-state index in [2.05, 4.69) is 30.8 Å². The van der Waals surface area contributed by atoms with E-state index in [9.17, 15) is 8.42 Å². The highest BCUT2D eigenvalue weighted by Crippen LogP contribution is 2.62. The zero-order valence-corrected chi connectivity index (χ0v) is 14.9. The van der Waals surface area contributed by atoms with Crippen molar-refractivity contribution in [2.45, 2.75) is 52.5 Å². The van der Waals surface area contributed by atoms with Gasteiger partial charge in [0.05, 0.1) is 0 Å². The second kappa shape index (κ2) is 5.80. The molecule has 0 heterocycles. The van der Waals surface area contributed by atoms with Gasteiger partial charge in [0, 0.05) is 19.6 Å². The van der Waals surface area contributed by atoms with E-state index in [1.54, 1.807) is 7.05 Å². The van der Waals surface area contributed by atoms with E-state index in [-0.39, 0.29) is 16.9 Å². The predicted molar refractivity (Wildman–Crippen MR) is 86.2 cm³/mol. The molecule has 0 saturated heterocycles. The molecule has 2 fully saturated rings. The summed E-state index contributed by atoms with van der Waals surface area (Å²) < 4.78 is 29.6. The zero-order valence-electron chi connectivity index (χ0n) is 14.1. The Labute approximate surface area is 130 Å². The van der Waals surface area contributed by atoms with Crippen LogP contribution in [0.15, 0.2) is 0 Å². The number of nitrogens with one attached hydrogen (secondary N) is 2. The first kappa shape index (κ1) is 17.2. The predicted octanol–water partition coefficient (Wildman–Crippen LogP) is 1.58. The molecular weight excluding hydrogens is 286 g/mol. The summed E-state index contributed by atoms with van der Waals surface area (Å²) in [6.45, 7) is 8.06. The molecule has 21 heavy (non-hydrogen) atoms. The molecule has 2 aliphatic rings. The van der Waals surface area contributed by atoms with E-state index in [4.69, 9.17) is 0 Å². The summed E-state index contributed by atoms with van der Waals surface area (Å²) in [7, 11) is 0.147. The van der Waals surface area contributed by atoms with Crippen LogP contribution in [0.3, 0.4) is 0 Å². The highest BCUT2D eigenvalue weighted by atomic mass is 32.2. The number of fused-ring (bicyclic) bond motifs is 2. The molecule has 124 valence electrons. The van der Waals surface area contributed by atoms with Crippen molar-refractivity contribution in [2.24, 2.45) is 16.7 Å². The molecule has 2 saturated carbocycles. The molecule has 0 aromatic carbocycles. The fourth-order valence-electron chi connectivity index (χ4n) is 4.43. The van der Waals surface area contributed by atoms with E-state index < -0.39 is 10.2 Å². The Morgan fingerprint density at radius 2 is 1.95 bits per heavy atom. The van der Waals surface area contributed by atoms with Crippen molar-refractivity contribution in [3.05, 3.63) is 0 Å². The molecule has 0 spiro atoms. The molecule has 0 aliphatic heterocycles. The Kier molecular flexibility index (Phi) is 4.74. The van der Waals surface area contributed by atoms with Gasteiger partial charge in [-0.15, -0.1) is 0 Å². The smallest absolute Gasteiger partial charge is 0.279 e. The molecule has 0 amide bonds. The van der Waals surface area contributed by atoms with Gasteiger partial charge in [-0.3, -0.25) is 0 Å². The van der Waals surface area contributed by atoms with Gasteiger partial charge in [-0.25, -0.2) is 0 Å². The average Bonchev–Trinajstić information content (AvgIpc) is 2.86. The van der Waals surface area contributed by atoms with Crippen molar-refractivity contribution in [2.75, 3.05) is 27.2 Å². The van der Waals surface area contributed by atoms with Crippen LogP contribution in [0.2, 0.25) is 0 Å². The van der Waals surface area contributed by atoms with E-state index >= 15 is 0 Å². The lowest BCUT2D eigenvalue weighted by atomic mass is 9.69. The third-order valence-electron chi connectivity index (χ3n) is 5.85. The molecule has 0 aromatic rings. The largest absolute Gasteiger partial charge is 0.320 e. The Bertz CT molecular complexity index is 473. The van der Waals surface area contributed by atoms with Crippen molar-refractivity contribution >= 4 is 10.2 Å².